The van der Waals surface area contributed by atoms with Crippen molar-refractivity contribution in [3.8, 4) is 17.0 Å². The highest BCUT2D eigenvalue weighted by atomic mass is 79.9. The van der Waals surface area contributed by atoms with Gasteiger partial charge in [-0.2, -0.15) is 13.2 Å². The number of hydrogen-bond acceptors (Lipinski definition) is 4. The van der Waals surface area contributed by atoms with Gasteiger partial charge in [0.2, 0.25) is 5.82 Å². The smallest absolute Gasteiger partial charge is 0.394 e. The number of halogens is 4. The summed E-state index contributed by atoms with van der Waals surface area (Å²) < 4.78 is 51.5. The fraction of sp³-hybridized carbons (Fsp3) is 0.412. The van der Waals surface area contributed by atoms with Crippen LogP contribution in [0.4, 0.5) is 13.2 Å². The number of hydrogen-bond donors (Lipinski definition) is 0. The number of nitrogens with zero attached hydrogens (tertiary/aromatic N) is 2. The summed E-state index contributed by atoms with van der Waals surface area (Å²) in [7, 11) is 1.52. The van der Waals surface area contributed by atoms with Crippen molar-refractivity contribution in [1.29, 1.82) is 0 Å². The van der Waals surface area contributed by atoms with Gasteiger partial charge in [0.05, 0.1) is 36.0 Å². The molecule has 9 heteroatoms. The van der Waals surface area contributed by atoms with Crippen LogP contribution < -0.4 is 4.74 Å². The van der Waals surface area contributed by atoms with E-state index >= 15 is 0 Å². The molecule has 0 atom stereocenters. The first-order chi connectivity index (χ1) is 12.2. The Labute approximate surface area is 156 Å². The van der Waals surface area contributed by atoms with Gasteiger partial charge in [-0.05, 0) is 47.0 Å². The minimum absolute atomic E-state index is 0.0984. The van der Waals surface area contributed by atoms with Crippen LogP contribution in [0, 0.1) is 0 Å². The molecule has 0 saturated carbocycles. The van der Waals surface area contributed by atoms with Gasteiger partial charge in [-0.3, -0.25) is 0 Å². The molecule has 2 aromatic rings. The molecule has 3 rings (SSSR count). The maximum atomic E-state index is 13.0. The standard InChI is InChI=1S/C17H16BrF3N2O3/c1-3-26-16(24)15-22-12(8-17(19,20)21)14-10-7-11(18)13(25-2)6-9(10)4-5-23(14)15/h6-7H,3-5,8H2,1-2H3. The highest BCUT2D eigenvalue weighted by Crippen LogP contribution is 2.40. The van der Waals surface area contributed by atoms with Crippen LogP contribution in [0.15, 0.2) is 16.6 Å². The molecule has 0 fully saturated rings. The van der Waals surface area contributed by atoms with Gasteiger partial charge in [0.1, 0.15) is 5.75 Å². The first kappa shape index (κ1) is 18.8. The Balaban J connectivity index is 2.20. The Morgan fingerprint density at radius 3 is 2.73 bits per heavy atom. The van der Waals surface area contributed by atoms with Crippen LogP contribution in [0.5, 0.6) is 5.75 Å². The summed E-state index contributed by atoms with van der Waals surface area (Å²) in [6, 6.07) is 3.49. The molecule has 0 unspecified atom stereocenters. The van der Waals surface area contributed by atoms with Crippen LogP contribution in [-0.2, 0) is 24.1 Å². The number of rotatable bonds is 4. The van der Waals surface area contributed by atoms with Gasteiger partial charge in [-0.1, -0.05) is 0 Å². The number of carbonyl (C=O) groups excluding carboxylic acids is 1. The second kappa shape index (κ2) is 6.94. The van der Waals surface area contributed by atoms with Crippen molar-refractivity contribution >= 4 is 21.9 Å². The van der Waals surface area contributed by atoms with Crippen molar-refractivity contribution < 1.29 is 27.4 Å². The van der Waals surface area contributed by atoms with Crippen molar-refractivity contribution in [1.82, 2.24) is 9.55 Å². The average molecular weight is 433 g/mol. The number of aromatic nitrogens is 2. The van der Waals surface area contributed by atoms with Crippen molar-refractivity contribution in [2.24, 2.45) is 0 Å². The summed E-state index contributed by atoms with van der Waals surface area (Å²) in [6.45, 7) is 2.09. The van der Waals surface area contributed by atoms with E-state index < -0.39 is 18.6 Å². The quantitative estimate of drug-likeness (QED) is 0.680. The van der Waals surface area contributed by atoms with Crippen LogP contribution in [0.3, 0.4) is 0 Å². The van der Waals surface area contributed by atoms with Crippen LogP contribution >= 0.6 is 15.9 Å². The highest BCUT2D eigenvalue weighted by molar-refractivity contribution is 9.10. The number of carbonyl (C=O) groups is 1. The molecule has 0 saturated heterocycles. The number of esters is 1. The SMILES string of the molecule is CCOC(=O)c1nc(CC(F)(F)F)c2n1CCc1cc(OC)c(Br)cc1-2. The molecule has 0 N–H and O–H groups in total. The zero-order valence-corrected chi connectivity index (χ0v) is 15.7. The molecule has 140 valence electrons. The molecule has 0 radical (unpaired) electrons. The number of ether oxygens (including phenoxy) is 2. The van der Waals surface area contributed by atoms with E-state index in [4.69, 9.17) is 9.47 Å². The molecule has 0 aliphatic carbocycles. The summed E-state index contributed by atoms with van der Waals surface area (Å²) in [5.41, 5.74) is 1.57. The van der Waals surface area contributed by atoms with Gasteiger partial charge < -0.3 is 14.0 Å². The molecule has 1 aliphatic heterocycles. The van der Waals surface area contributed by atoms with E-state index in [2.05, 4.69) is 20.9 Å². The average Bonchev–Trinajstić information content (AvgIpc) is 2.91. The Morgan fingerprint density at radius 1 is 1.38 bits per heavy atom. The minimum Gasteiger partial charge on any atom is -0.496 e. The number of methoxy groups -OCH3 is 1. The van der Waals surface area contributed by atoms with E-state index in [1.54, 1.807) is 19.1 Å². The van der Waals surface area contributed by atoms with Gasteiger partial charge in [0.15, 0.2) is 0 Å². The van der Waals surface area contributed by atoms with Crippen LogP contribution in [-0.4, -0.2) is 35.4 Å². The van der Waals surface area contributed by atoms with Crippen molar-refractivity contribution in [3.63, 3.8) is 0 Å². The zero-order valence-electron chi connectivity index (χ0n) is 14.1. The summed E-state index contributed by atoms with van der Waals surface area (Å²) >= 11 is 3.37. The number of imidazole rings is 1. The van der Waals surface area contributed by atoms with Gasteiger partial charge in [-0.15, -0.1) is 0 Å². The Bertz CT molecular complexity index is 862. The maximum absolute atomic E-state index is 13.0. The molecule has 1 aromatic heterocycles. The normalized spacial score (nSPS) is 13.2. The molecule has 26 heavy (non-hydrogen) atoms. The lowest BCUT2D eigenvalue weighted by atomic mass is 9.96. The lowest BCUT2D eigenvalue weighted by molar-refractivity contribution is -0.127. The van der Waals surface area contributed by atoms with E-state index in [0.717, 1.165) is 5.56 Å². The second-order valence-corrected chi connectivity index (χ2v) is 6.64. The van der Waals surface area contributed by atoms with Gasteiger partial charge in [0.25, 0.3) is 0 Å². The topological polar surface area (TPSA) is 53.3 Å². The molecule has 0 spiro atoms. The molecule has 0 amide bonds. The molecular formula is C17H16BrF3N2O3. The molecule has 2 heterocycles. The highest BCUT2D eigenvalue weighted by Gasteiger charge is 2.35. The van der Waals surface area contributed by atoms with Gasteiger partial charge >= 0.3 is 12.1 Å². The molecule has 1 aliphatic rings. The van der Waals surface area contributed by atoms with Gasteiger partial charge in [-0.25, -0.2) is 9.78 Å². The third kappa shape index (κ3) is 3.44. The van der Waals surface area contributed by atoms with E-state index in [-0.39, 0.29) is 18.1 Å². The van der Waals surface area contributed by atoms with Crippen molar-refractivity contribution in [3.05, 3.63) is 33.7 Å². The Kier molecular flexibility index (Phi) is 5.01. The second-order valence-electron chi connectivity index (χ2n) is 5.79. The van der Waals surface area contributed by atoms with E-state index in [9.17, 15) is 18.0 Å². The first-order valence-corrected chi connectivity index (χ1v) is 8.74. The fourth-order valence-electron chi connectivity index (χ4n) is 3.10. The number of benzene rings is 1. The summed E-state index contributed by atoms with van der Waals surface area (Å²) in [5, 5.41) is 0. The van der Waals surface area contributed by atoms with Crippen LogP contribution in [0.1, 0.15) is 28.8 Å². The summed E-state index contributed by atoms with van der Waals surface area (Å²) in [5.74, 6) is -0.225. The number of alkyl halides is 3. The van der Waals surface area contributed by atoms with E-state index in [0.29, 0.717) is 34.4 Å². The van der Waals surface area contributed by atoms with Crippen molar-refractivity contribution in [2.45, 2.75) is 32.5 Å². The van der Waals surface area contributed by atoms with E-state index in [1.807, 2.05) is 0 Å². The maximum Gasteiger partial charge on any atom is 0.394 e. The lowest BCUT2D eigenvalue weighted by Crippen LogP contribution is -2.18. The van der Waals surface area contributed by atoms with Crippen molar-refractivity contribution in [2.75, 3.05) is 13.7 Å². The van der Waals surface area contributed by atoms with E-state index in [1.165, 1.54) is 11.7 Å². The minimum atomic E-state index is -4.44. The summed E-state index contributed by atoms with van der Waals surface area (Å²) in [4.78, 5) is 16.1. The zero-order chi connectivity index (χ0) is 19.1. The van der Waals surface area contributed by atoms with Gasteiger partial charge in [0, 0.05) is 12.1 Å². The third-order valence-electron chi connectivity index (χ3n) is 4.10. The molecule has 1 aromatic carbocycles. The van der Waals surface area contributed by atoms with Crippen LogP contribution in [0.2, 0.25) is 0 Å². The first-order valence-electron chi connectivity index (χ1n) is 7.95. The number of aryl methyl sites for hydroxylation is 1. The largest absolute Gasteiger partial charge is 0.496 e. The Morgan fingerprint density at radius 2 is 2.12 bits per heavy atom. The third-order valence-corrected chi connectivity index (χ3v) is 4.72. The molecule has 0 bridgehead atoms. The predicted molar refractivity (Wildman–Crippen MR) is 91.3 cm³/mol. The van der Waals surface area contributed by atoms with Crippen LogP contribution in [0.25, 0.3) is 11.3 Å². The molecular weight excluding hydrogens is 417 g/mol. The fourth-order valence-corrected chi connectivity index (χ4v) is 3.60. The number of fused-ring (bicyclic) bond motifs is 3. The summed E-state index contributed by atoms with van der Waals surface area (Å²) in [6.07, 6.45) is -5.12. The molecule has 5 nitrogen and oxygen atoms in total. The lowest BCUT2D eigenvalue weighted by Gasteiger charge is -2.22. The predicted octanol–water partition coefficient (Wildman–Crippen LogP) is 4.16. The Hall–Kier alpha value is -2.03. The monoisotopic (exact) mass is 432 g/mol.